The predicted octanol–water partition coefficient (Wildman–Crippen LogP) is 5.11. The van der Waals surface area contributed by atoms with Crippen molar-refractivity contribution >= 4 is 35.3 Å². The van der Waals surface area contributed by atoms with E-state index in [2.05, 4.69) is 10.5 Å². The number of para-hydroxylation sites is 1. The number of amides is 1. The minimum Gasteiger partial charge on any atom is -0.493 e. The van der Waals surface area contributed by atoms with E-state index in [1.54, 1.807) is 55.6 Å². The number of ether oxygens (including phenoxy) is 3. The summed E-state index contributed by atoms with van der Waals surface area (Å²) in [5.74, 6) is 1.15. The van der Waals surface area contributed by atoms with E-state index in [9.17, 15) is 4.79 Å². The summed E-state index contributed by atoms with van der Waals surface area (Å²) in [5, 5.41) is 5.19. The molecule has 1 N–H and O–H groups in total. The lowest BCUT2D eigenvalue weighted by atomic mass is 10.2. The van der Waals surface area contributed by atoms with Gasteiger partial charge in [-0.3, -0.25) is 4.79 Å². The maximum absolute atomic E-state index is 12.0. The van der Waals surface area contributed by atoms with Crippen LogP contribution < -0.4 is 19.6 Å². The third-order valence-electron chi connectivity index (χ3n) is 4.14. The Morgan fingerprint density at radius 1 is 1.00 bits per heavy atom. The summed E-state index contributed by atoms with van der Waals surface area (Å²) in [6.07, 6.45) is 1.48. The van der Waals surface area contributed by atoms with Crippen molar-refractivity contribution in [2.75, 3.05) is 13.7 Å². The molecule has 0 aliphatic heterocycles. The van der Waals surface area contributed by atoms with Gasteiger partial charge in [0.25, 0.3) is 5.91 Å². The fourth-order valence-corrected chi connectivity index (χ4v) is 2.92. The Kier molecular flexibility index (Phi) is 8.15. The monoisotopic (exact) mass is 458 g/mol. The van der Waals surface area contributed by atoms with Crippen LogP contribution in [0.2, 0.25) is 10.0 Å². The van der Waals surface area contributed by atoms with Crippen molar-refractivity contribution in [3.05, 3.63) is 87.9 Å². The maximum Gasteiger partial charge on any atom is 0.277 e. The number of hydrogen-bond donors (Lipinski definition) is 1. The molecule has 0 fully saturated rings. The molecule has 0 aromatic heterocycles. The number of rotatable bonds is 9. The highest BCUT2D eigenvalue weighted by atomic mass is 35.5. The first-order valence-corrected chi connectivity index (χ1v) is 10.1. The van der Waals surface area contributed by atoms with Gasteiger partial charge in [0, 0.05) is 21.2 Å². The molecule has 6 nitrogen and oxygen atoms in total. The first kappa shape index (κ1) is 22.5. The van der Waals surface area contributed by atoms with Crippen molar-refractivity contribution in [1.82, 2.24) is 5.43 Å². The Labute approximate surface area is 190 Å². The highest BCUT2D eigenvalue weighted by molar-refractivity contribution is 6.31. The summed E-state index contributed by atoms with van der Waals surface area (Å²) >= 11 is 12.0. The van der Waals surface area contributed by atoms with Crippen molar-refractivity contribution < 1.29 is 19.0 Å². The van der Waals surface area contributed by atoms with Crippen LogP contribution in [0.3, 0.4) is 0 Å². The molecule has 0 saturated carbocycles. The minimum absolute atomic E-state index is 0.188. The second kappa shape index (κ2) is 11.2. The normalized spacial score (nSPS) is 10.7. The molecule has 0 saturated heterocycles. The second-order valence-corrected chi connectivity index (χ2v) is 7.14. The quantitative estimate of drug-likeness (QED) is 0.357. The van der Waals surface area contributed by atoms with Crippen LogP contribution in [0.25, 0.3) is 0 Å². The van der Waals surface area contributed by atoms with E-state index < -0.39 is 5.91 Å². The molecule has 0 radical (unpaired) electrons. The van der Waals surface area contributed by atoms with Crippen LogP contribution in [0, 0.1) is 0 Å². The van der Waals surface area contributed by atoms with Gasteiger partial charge in [0.05, 0.1) is 13.3 Å². The molecule has 1 amide bonds. The van der Waals surface area contributed by atoms with Crippen LogP contribution in [-0.4, -0.2) is 25.8 Å². The molecule has 3 aromatic rings. The van der Waals surface area contributed by atoms with Crippen molar-refractivity contribution in [3.8, 4) is 17.2 Å². The number of hydrazone groups is 1. The molecule has 0 aliphatic rings. The third-order valence-corrected chi connectivity index (χ3v) is 4.76. The van der Waals surface area contributed by atoms with Crippen molar-refractivity contribution in [2.24, 2.45) is 5.10 Å². The maximum atomic E-state index is 12.0. The number of hydrogen-bond acceptors (Lipinski definition) is 5. The van der Waals surface area contributed by atoms with Gasteiger partial charge in [0.2, 0.25) is 0 Å². The molecule has 3 rings (SSSR count). The van der Waals surface area contributed by atoms with Crippen LogP contribution in [-0.2, 0) is 11.4 Å². The van der Waals surface area contributed by atoms with E-state index >= 15 is 0 Å². The number of methoxy groups -OCH3 is 1. The van der Waals surface area contributed by atoms with Crippen LogP contribution in [0.5, 0.6) is 17.2 Å². The Balaban J connectivity index is 1.62. The van der Waals surface area contributed by atoms with Gasteiger partial charge in [0.1, 0.15) is 12.4 Å². The van der Waals surface area contributed by atoms with Crippen LogP contribution in [0.15, 0.2) is 71.8 Å². The zero-order chi connectivity index (χ0) is 22.1. The molecular formula is C23H20Cl2N2O4. The molecule has 0 heterocycles. The van der Waals surface area contributed by atoms with Gasteiger partial charge in [-0.25, -0.2) is 5.43 Å². The molecular weight excluding hydrogens is 439 g/mol. The number of nitrogens with one attached hydrogen (secondary N) is 1. The van der Waals surface area contributed by atoms with Gasteiger partial charge in [0.15, 0.2) is 18.1 Å². The molecule has 0 bridgehead atoms. The molecule has 0 atom stereocenters. The summed E-state index contributed by atoms with van der Waals surface area (Å²) in [7, 11) is 1.55. The van der Waals surface area contributed by atoms with Gasteiger partial charge in [-0.05, 0) is 42.5 Å². The number of benzene rings is 3. The Hall–Kier alpha value is -3.22. The fraction of sp³-hybridized carbons (Fsp3) is 0.130. The standard InChI is InChI=1S/C23H20Cl2N2O4/c1-29-21-8-4-6-16(23(21)31-14-17-5-2-3-7-20(17)25)13-26-27-22(28)15-30-19-11-9-18(24)10-12-19/h2-13H,14-15H2,1H3,(H,27,28)/b26-13-. The van der Waals surface area contributed by atoms with Gasteiger partial charge in [-0.15, -0.1) is 0 Å². The smallest absolute Gasteiger partial charge is 0.277 e. The van der Waals surface area contributed by atoms with E-state index in [1.165, 1.54) is 6.21 Å². The van der Waals surface area contributed by atoms with E-state index in [0.29, 0.717) is 32.9 Å². The molecule has 0 spiro atoms. The largest absolute Gasteiger partial charge is 0.493 e. The van der Waals surface area contributed by atoms with Crippen molar-refractivity contribution in [2.45, 2.75) is 6.61 Å². The molecule has 160 valence electrons. The van der Waals surface area contributed by atoms with Crippen molar-refractivity contribution in [1.29, 1.82) is 0 Å². The zero-order valence-electron chi connectivity index (χ0n) is 16.7. The number of carbonyl (C=O) groups excluding carboxylic acids is 1. The molecule has 0 aliphatic carbocycles. The van der Waals surface area contributed by atoms with E-state index in [-0.39, 0.29) is 13.2 Å². The summed E-state index contributed by atoms with van der Waals surface area (Å²) < 4.78 is 16.7. The van der Waals surface area contributed by atoms with E-state index in [1.807, 2.05) is 18.2 Å². The van der Waals surface area contributed by atoms with Gasteiger partial charge in [-0.2, -0.15) is 5.10 Å². The lowest BCUT2D eigenvalue weighted by molar-refractivity contribution is -0.123. The Morgan fingerprint density at radius 2 is 1.77 bits per heavy atom. The van der Waals surface area contributed by atoms with Crippen molar-refractivity contribution in [3.63, 3.8) is 0 Å². The molecule has 3 aromatic carbocycles. The molecule has 0 unspecified atom stereocenters. The number of carbonyl (C=O) groups is 1. The van der Waals surface area contributed by atoms with Gasteiger partial charge < -0.3 is 14.2 Å². The van der Waals surface area contributed by atoms with Crippen LogP contribution >= 0.6 is 23.2 Å². The summed E-state index contributed by atoms with van der Waals surface area (Å²) in [6, 6.07) is 19.5. The highest BCUT2D eigenvalue weighted by Gasteiger charge is 2.11. The summed E-state index contributed by atoms with van der Waals surface area (Å²) in [5.41, 5.74) is 3.89. The lowest BCUT2D eigenvalue weighted by Gasteiger charge is -2.13. The van der Waals surface area contributed by atoms with E-state index in [4.69, 9.17) is 37.4 Å². The average Bonchev–Trinajstić information content (AvgIpc) is 2.78. The first-order chi connectivity index (χ1) is 15.1. The number of nitrogens with zero attached hydrogens (tertiary/aromatic N) is 1. The van der Waals surface area contributed by atoms with Crippen LogP contribution in [0.4, 0.5) is 0 Å². The zero-order valence-corrected chi connectivity index (χ0v) is 18.2. The summed E-state index contributed by atoms with van der Waals surface area (Å²) in [6.45, 7) is 0.0646. The Bertz CT molecular complexity index is 1060. The van der Waals surface area contributed by atoms with E-state index in [0.717, 1.165) is 5.56 Å². The predicted molar refractivity (Wildman–Crippen MR) is 121 cm³/mol. The Morgan fingerprint density at radius 3 is 2.52 bits per heavy atom. The summed E-state index contributed by atoms with van der Waals surface area (Å²) in [4.78, 5) is 12.0. The second-order valence-electron chi connectivity index (χ2n) is 6.29. The van der Waals surface area contributed by atoms with Crippen LogP contribution in [0.1, 0.15) is 11.1 Å². The van der Waals surface area contributed by atoms with Gasteiger partial charge >= 0.3 is 0 Å². The molecule has 8 heteroatoms. The third kappa shape index (κ3) is 6.64. The topological polar surface area (TPSA) is 69.2 Å². The lowest BCUT2D eigenvalue weighted by Crippen LogP contribution is -2.24. The average molecular weight is 459 g/mol. The SMILES string of the molecule is COc1cccc(/C=N\NC(=O)COc2ccc(Cl)cc2)c1OCc1ccccc1Cl. The minimum atomic E-state index is -0.410. The highest BCUT2D eigenvalue weighted by Crippen LogP contribution is 2.31. The van der Waals surface area contributed by atoms with Gasteiger partial charge in [-0.1, -0.05) is 47.5 Å². The fourth-order valence-electron chi connectivity index (χ4n) is 2.60. The molecule has 31 heavy (non-hydrogen) atoms. The number of halogens is 2. The first-order valence-electron chi connectivity index (χ1n) is 9.30.